The Morgan fingerprint density at radius 3 is 2.56 bits per heavy atom. The van der Waals surface area contributed by atoms with Crippen LogP contribution in [0.2, 0.25) is 0 Å². The number of thiol groups is 1. The van der Waals surface area contributed by atoms with Gasteiger partial charge in [0.25, 0.3) is 15.9 Å². The van der Waals surface area contributed by atoms with Crippen LogP contribution in [-0.4, -0.2) is 83.2 Å². The first-order valence-corrected chi connectivity index (χ1v) is 16.8. The van der Waals surface area contributed by atoms with E-state index in [0.29, 0.717) is 16.3 Å². The lowest BCUT2D eigenvalue weighted by Gasteiger charge is -2.38. The Balaban J connectivity index is 1.31. The summed E-state index contributed by atoms with van der Waals surface area (Å²) in [4.78, 5) is 20.7. The number of amides is 1. The fraction of sp³-hybridized carbons (Fsp3) is 0.280. The minimum atomic E-state index is -4.25. The molecule has 1 aliphatic rings. The number of aromatic nitrogens is 2. The van der Waals surface area contributed by atoms with Gasteiger partial charge in [-0.25, -0.2) is 31.7 Å². The fourth-order valence-corrected chi connectivity index (χ4v) is 9.94. The van der Waals surface area contributed by atoms with Crippen LogP contribution >= 0.6 is 24.0 Å². The monoisotopic (exact) mass is 639 g/mol. The summed E-state index contributed by atoms with van der Waals surface area (Å²) < 4.78 is 68.8. The molecule has 3 N–H and O–H groups in total. The molecule has 5 rings (SSSR count). The lowest BCUT2D eigenvalue weighted by Crippen LogP contribution is -2.61. The number of sulfonamides is 2. The Morgan fingerprint density at radius 2 is 1.85 bits per heavy atom. The summed E-state index contributed by atoms with van der Waals surface area (Å²) in [6.45, 7) is -1.00. The molecule has 2 aromatic heterocycles. The maximum absolute atomic E-state index is 13.6. The average molecular weight is 640 g/mol. The quantitative estimate of drug-likeness (QED) is 0.125. The standard InChI is InChI=1S/C25H26FN5O6S4/c26-17-7-5-16(6-8-17)22-9-10-24(39-22)41(36,37)31-12-11-30(14-21(31)25(32)29-33)40(34,35)15-18(38)13-23-27-19-3-1-2-4-20(19)28-23/h1-10,18,21,33,38H,11-15H2,(H,27,28)(H,29,32)/t18?,21-/m1/s1. The topological polar surface area (TPSA) is 153 Å². The number of benzene rings is 2. The highest BCUT2D eigenvalue weighted by Crippen LogP contribution is 2.34. The number of H-pyrrole nitrogens is 1. The molecule has 11 nitrogen and oxygen atoms in total. The molecule has 1 unspecified atom stereocenters. The van der Waals surface area contributed by atoms with Gasteiger partial charge < -0.3 is 4.98 Å². The molecule has 0 radical (unpaired) electrons. The Bertz CT molecular complexity index is 1740. The van der Waals surface area contributed by atoms with Crippen LogP contribution in [0.3, 0.4) is 0 Å². The molecule has 2 atom stereocenters. The number of hydrogen-bond acceptors (Lipinski definition) is 9. The third-order valence-corrected chi connectivity index (χ3v) is 12.7. The van der Waals surface area contributed by atoms with Gasteiger partial charge in [-0.1, -0.05) is 24.3 Å². The third kappa shape index (κ3) is 6.33. The number of hydrogen-bond donors (Lipinski definition) is 4. The minimum Gasteiger partial charge on any atom is -0.342 e. The molecule has 16 heteroatoms. The Labute approximate surface area is 245 Å². The summed E-state index contributed by atoms with van der Waals surface area (Å²) >= 11 is 5.39. The van der Waals surface area contributed by atoms with Crippen molar-refractivity contribution in [3.8, 4) is 10.4 Å². The van der Waals surface area contributed by atoms with E-state index in [0.717, 1.165) is 31.0 Å². The van der Waals surface area contributed by atoms with E-state index in [1.54, 1.807) is 6.07 Å². The van der Waals surface area contributed by atoms with Crippen LogP contribution in [0.5, 0.6) is 0 Å². The number of carbonyl (C=O) groups is 1. The van der Waals surface area contributed by atoms with Crippen LogP contribution in [0, 0.1) is 5.82 Å². The number of thiophene rings is 1. The van der Waals surface area contributed by atoms with Crippen molar-refractivity contribution < 1.29 is 31.2 Å². The second kappa shape index (κ2) is 11.8. The van der Waals surface area contributed by atoms with Crippen LogP contribution in [0.4, 0.5) is 4.39 Å². The Morgan fingerprint density at radius 1 is 1.12 bits per heavy atom. The van der Waals surface area contributed by atoms with Gasteiger partial charge >= 0.3 is 0 Å². The first-order chi connectivity index (χ1) is 19.5. The summed E-state index contributed by atoms with van der Waals surface area (Å²) in [5.74, 6) is -1.29. The van der Waals surface area contributed by atoms with Crippen LogP contribution < -0.4 is 5.48 Å². The summed E-state index contributed by atoms with van der Waals surface area (Å²) in [5, 5.41) is 8.70. The Kier molecular flexibility index (Phi) is 8.52. The van der Waals surface area contributed by atoms with Crippen LogP contribution in [0.25, 0.3) is 21.5 Å². The lowest BCUT2D eigenvalue weighted by molar-refractivity contribution is -0.134. The van der Waals surface area contributed by atoms with E-state index >= 15 is 0 Å². The van der Waals surface area contributed by atoms with Gasteiger partial charge in [0, 0.05) is 36.2 Å². The molecule has 2 aromatic carbocycles. The number of rotatable bonds is 9. The van der Waals surface area contributed by atoms with Crippen molar-refractivity contribution in [2.45, 2.75) is 21.9 Å². The smallest absolute Gasteiger partial charge is 0.263 e. The van der Waals surface area contributed by atoms with Gasteiger partial charge in [-0.3, -0.25) is 10.0 Å². The number of fused-ring (bicyclic) bond motifs is 1. The summed E-state index contributed by atoms with van der Waals surface area (Å²) in [5.41, 5.74) is 3.63. The van der Waals surface area contributed by atoms with Crippen molar-refractivity contribution in [2.24, 2.45) is 0 Å². The van der Waals surface area contributed by atoms with Gasteiger partial charge in [0.05, 0.1) is 16.8 Å². The number of hydroxylamine groups is 1. The number of nitrogens with one attached hydrogen (secondary N) is 2. The van der Waals surface area contributed by atoms with E-state index in [1.807, 2.05) is 24.3 Å². The molecule has 0 saturated carbocycles. The number of imidazole rings is 1. The first kappa shape index (κ1) is 29.6. The van der Waals surface area contributed by atoms with Gasteiger partial charge in [0.2, 0.25) is 10.0 Å². The predicted octanol–water partition coefficient (Wildman–Crippen LogP) is 2.48. The summed E-state index contributed by atoms with van der Waals surface area (Å²) in [6.07, 6.45) is 0.237. The van der Waals surface area contributed by atoms with Crippen LogP contribution in [0.15, 0.2) is 64.9 Å². The van der Waals surface area contributed by atoms with Crippen LogP contribution in [0.1, 0.15) is 5.82 Å². The molecule has 1 aliphatic heterocycles. The van der Waals surface area contributed by atoms with E-state index in [-0.39, 0.29) is 29.5 Å². The molecule has 0 aliphatic carbocycles. The average Bonchev–Trinajstić information content (AvgIpc) is 3.60. The van der Waals surface area contributed by atoms with E-state index in [1.165, 1.54) is 35.8 Å². The van der Waals surface area contributed by atoms with Gasteiger partial charge in [0.1, 0.15) is 21.9 Å². The Hall–Kier alpha value is -2.86. The summed E-state index contributed by atoms with van der Waals surface area (Å²) in [7, 11) is -8.22. The van der Waals surface area contributed by atoms with Crippen molar-refractivity contribution >= 4 is 61.0 Å². The van der Waals surface area contributed by atoms with E-state index in [9.17, 15) is 31.2 Å². The van der Waals surface area contributed by atoms with Crippen molar-refractivity contribution in [3.05, 3.63) is 72.3 Å². The molecule has 3 heterocycles. The molecular formula is C25H26FN5O6S4. The second-order valence-corrected chi connectivity index (χ2v) is 15.4. The van der Waals surface area contributed by atoms with Gasteiger partial charge in [0.15, 0.2) is 0 Å². The normalized spacial score (nSPS) is 18.0. The largest absolute Gasteiger partial charge is 0.342 e. The van der Waals surface area contributed by atoms with Gasteiger partial charge in [-0.15, -0.1) is 11.3 Å². The van der Waals surface area contributed by atoms with Gasteiger partial charge in [-0.2, -0.15) is 21.2 Å². The molecular weight excluding hydrogens is 614 g/mol. The molecule has 1 fully saturated rings. The molecule has 0 spiro atoms. The zero-order valence-corrected chi connectivity index (χ0v) is 24.7. The molecule has 4 aromatic rings. The zero-order valence-electron chi connectivity index (χ0n) is 21.3. The maximum Gasteiger partial charge on any atom is 0.263 e. The number of aromatic amines is 1. The fourth-order valence-electron chi connectivity index (χ4n) is 4.65. The molecule has 218 valence electrons. The molecule has 1 saturated heterocycles. The zero-order chi connectivity index (χ0) is 29.4. The van der Waals surface area contributed by atoms with E-state index < -0.39 is 49.6 Å². The van der Waals surface area contributed by atoms with Crippen molar-refractivity contribution in [1.29, 1.82) is 0 Å². The highest BCUT2D eigenvalue weighted by molar-refractivity contribution is 7.91. The van der Waals surface area contributed by atoms with Gasteiger partial charge in [-0.05, 0) is 42.0 Å². The van der Waals surface area contributed by atoms with E-state index in [4.69, 9.17) is 0 Å². The molecule has 41 heavy (non-hydrogen) atoms. The lowest BCUT2D eigenvalue weighted by atomic mass is 10.2. The SMILES string of the molecule is O=C(NO)[C@H]1CN(S(=O)(=O)CC(S)Cc2nc3ccccc3[nH]2)CCN1S(=O)(=O)c1ccc(-c2ccc(F)cc2)s1. The van der Waals surface area contributed by atoms with E-state index in [2.05, 4.69) is 22.6 Å². The molecule has 0 bridgehead atoms. The van der Waals surface area contributed by atoms with Crippen molar-refractivity contribution in [2.75, 3.05) is 25.4 Å². The highest BCUT2D eigenvalue weighted by atomic mass is 32.2. The van der Waals surface area contributed by atoms with Crippen LogP contribution in [-0.2, 0) is 31.3 Å². The second-order valence-electron chi connectivity index (χ2n) is 9.43. The highest BCUT2D eigenvalue weighted by Gasteiger charge is 2.43. The number of nitrogens with zero attached hydrogens (tertiary/aromatic N) is 3. The predicted molar refractivity (Wildman–Crippen MR) is 155 cm³/mol. The number of carbonyl (C=O) groups excluding carboxylic acids is 1. The molecule has 1 amide bonds. The minimum absolute atomic E-state index is 0.0786. The first-order valence-electron chi connectivity index (χ1n) is 12.4. The van der Waals surface area contributed by atoms with Crippen molar-refractivity contribution in [3.63, 3.8) is 0 Å². The number of para-hydroxylation sites is 2. The summed E-state index contributed by atoms with van der Waals surface area (Å²) in [6, 6.07) is 14.4. The number of halogens is 1. The number of piperazine rings is 1. The van der Waals surface area contributed by atoms with Crippen molar-refractivity contribution in [1.82, 2.24) is 24.1 Å². The maximum atomic E-state index is 13.6. The third-order valence-electron chi connectivity index (χ3n) is 6.64.